The molecule has 1 aliphatic heterocycles. The van der Waals surface area contributed by atoms with Crippen LogP contribution in [0.5, 0.6) is 5.75 Å². The summed E-state index contributed by atoms with van der Waals surface area (Å²) in [7, 11) is 0. The number of carbonyl (C=O) groups is 1. The first-order valence-corrected chi connectivity index (χ1v) is 8.35. The summed E-state index contributed by atoms with van der Waals surface area (Å²) in [6.07, 6.45) is 3.06. The molecule has 2 N–H and O–H groups in total. The highest BCUT2D eigenvalue weighted by Crippen LogP contribution is 2.19. The van der Waals surface area contributed by atoms with E-state index in [9.17, 15) is 9.18 Å². The van der Waals surface area contributed by atoms with Crippen molar-refractivity contribution < 1.29 is 13.9 Å². The number of hydrogen-bond donors (Lipinski definition) is 2. The Morgan fingerprint density at radius 3 is 2.65 bits per heavy atom. The van der Waals surface area contributed by atoms with Crippen molar-refractivity contribution in [2.45, 2.75) is 13.0 Å². The summed E-state index contributed by atoms with van der Waals surface area (Å²) in [5.41, 5.74) is 2.58. The van der Waals surface area contributed by atoms with E-state index in [0.29, 0.717) is 17.9 Å². The van der Waals surface area contributed by atoms with Gasteiger partial charge in [-0.1, -0.05) is 35.9 Å². The minimum absolute atomic E-state index is 0. The van der Waals surface area contributed by atoms with Gasteiger partial charge < -0.3 is 15.4 Å². The minimum Gasteiger partial charge on any atom is -0.488 e. The van der Waals surface area contributed by atoms with Crippen LogP contribution in [0.1, 0.15) is 22.3 Å². The number of nitrogens with one attached hydrogen (secondary N) is 2. The lowest BCUT2D eigenvalue weighted by atomic mass is 10.1. The summed E-state index contributed by atoms with van der Waals surface area (Å²) in [6.45, 7) is 2.62. The molecule has 4 nitrogen and oxygen atoms in total. The van der Waals surface area contributed by atoms with Gasteiger partial charge in [-0.25, -0.2) is 4.39 Å². The third-order valence-corrected chi connectivity index (χ3v) is 4.07. The molecule has 138 valence electrons. The van der Waals surface area contributed by atoms with Crippen molar-refractivity contribution in [3.8, 4) is 5.75 Å². The molecular weight excluding hydrogens is 355 g/mol. The van der Waals surface area contributed by atoms with Gasteiger partial charge in [-0.05, 0) is 42.8 Å². The van der Waals surface area contributed by atoms with Gasteiger partial charge in [-0.15, -0.1) is 12.4 Å². The lowest BCUT2D eigenvalue weighted by Crippen LogP contribution is -2.29. The van der Waals surface area contributed by atoms with E-state index < -0.39 is 0 Å². The second kappa shape index (κ2) is 9.94. The maximum atomic E-state index is 13.0. The summed E-state index contributed by atoms with van der Waals surface area (Å²) in [6, 6.07) is 13.3. The summed E-state index contributed by atoms with van der Waals surface area (Å²) in [5.74, 6) is 0.0773. The Kier molecular flexibility index (Phi) is 7.63. The van der Waals surface area contributed by atoms with E-state index in [0.717, 1.165) is 25.1 Å². The van der Waals surface area contributed by atoms with Gasteiger partial charge in [0.2, 0.25) is 0 Å². The summed E-state index contributed by atoms with van der Waals surface area (Å²) in [4.78, 5) is 12.5. The van der Waals surface area contributed by atoms with E-state index >= 15 is 0 Å². The molecule has 0 unspecified atom stereocenters. The summed E-state index contributed by atoms with van der Waals surface area (Å²) >= 11 is 0. The van der Waals surface area contributed by atoms with Crippen LogP contribution >= 0.6 is 12.4 Å². The largest absolute Gasteiger partial charge is 0.488 e. The van der Waals surface area contributed by atoms with Gasteiger partial charge in [-0.3, -0.25) is 4.79 Å². The predicted octanol–water partition coefficient (Wildman–Crippen LogP) is 3.48. The lowest BCUT2D eigenvalue weighted by molar-refractivity contribution is 0.0952. The van der Waals surface area contributed by atoms with Crippen LogP contribution in [0.4, 0.5) is 4.39 Å². The zero-order valence-corrected chi connectivity index (χ0v) is 15.2. The average Bonchev–Trinajstić information content (AvgIpc) is 2.67. The van der Waals surface area contributed by atoms with E-state index in [-0.39, 0.29) is 30.7 Å². The number of para-hydroxylation sites is 1. The molecular formula is C20H22ClFN2O2. The van der Waals surface area contributed by atoms with Crippen LogP contribution in [-0.2, 0) is 6.61 Å². The standard InChI is InChI=1S/C20H21FN2O2.ClH/c21-17-7-5-16(6-8-17)14-25-19-4-2-1-3-18(19)20(24)23-13-15-9-11-22-12-10-15;/h1-9,22H,10-14H2,(H,23,24);1H. The number of rotatable bonds is 6. The fourth-order valence-corrected chi connectivity index (χ4v) is 2.64. The molecule has 0 aliphatic carbocycles. The van der Waals surface area contributed by atoms with Gasteiger partial charge in [-0.2, -0.15) is 0 Å². The molecule has 0 aromatic heterocycles. The number of hydrogen-bond acceptors (Lipinski definition) is 3. The fourth-order valence-electron chi connectivity index (χ4n) is 2.64. The van der Waals surface area contributed by atoms with E-state index in [2.05, 4.69) is 16.7 Å². The third-order valence-electron chi connectivity index (χ3n) is 4.07. The highest BCUT2D eigenvalue weighted by Gasteiger charge is 2.13. The average molecular weight is 377 g/mol. The van der Waals surface area contributed by atoms with Crippen LogP contribution < -0.4 is 15.4 Å². The van der Waals surface area contributed by atoms with Crippen LogP contribution in [0.25, 0.3) is 0 Å². The van der Waals surface area contributed by atoms with Crippen LogP contribution in [0.15, 0.2) is 60.2 Å². The monoisotopic (exact) mass is 376 g/mol. The van der Waals surface area contributed by atoms with Crippen molar-refractivity contribution in [1.29, 1.82) is 0 Å². The topological polar surface area (TPSA) is 50.4 Å². The van der Waals surface area contributed by atoms with Crippen LogP contribution in [0.3, 0.4) is 0 Å². The molecule has 0 spiro atoms. The molecule has 1 aliphatic rings. The van der Waals surface area contributed by atoms with E-state index in [1.165, 1.54) is 17.7 Å². The molecule has 6 heteroatoms. The van der Waals surface area contributed by atoms with Gasteiger partial charge in [0, 0.05) is 13.1 Å². The Labute approximate surface area is 158 Å². The minimum atomic E-state index is -0.282. The Hall–Kier alpha value is -2.37. The number of carbonyl (C=O) groups excluding carboxylic acids is 1. The smallest absolute Gasteiger partial charge is 0.255 e. The van der Waals surface area contributed by atoms with Gasteiger partial charge in [0.05, 0.1) is 5.56 Å². The molecule has 0 bridgehead atoms. The number of benzene rings is 2. The first kappa shape index (κ1) is 19.9. The number of halogens is 2. The van der Waals surface area contributed by atoms with Crippen molar-refractivity contribution in [3.05, 3.63) is 77.1 Å². The molecule has 0 saturated heterocycles. The van der Waals surface area contributed by atoms with E-state index in [4.69, 9.17) is 4.74 Å². The first-order chi connectivity index (χ1) is 12.2. The number of ether oxygens (including phenoxy) is 1. The molecule has 0 atom stereocenters. The molecule has 1 amide bonds. The Balaban J connectivity index is 0.00000243. The molecule has 26 heavy (non-hydrogen) atoms. The quantitative estimate of drug-likeness (QED) is 0.759. The summed E-state index contributed by atoms with van der Waals surface area (Å²) in [5, 5.41) is 6.20. The van der Waals surface area contributed by atoms with Crippen molar-refractivity contribution in [2.75, 3.05) is 19.6 Å². The highest BCUT2D eigenvalue weighted by atomic mass is 35.5. The number of amides is 1. The van der Waals surface area contributed by atoms with Gasteiger partial charge in [0.25, 0.3) is 5.91 Å². The molecule has 0 fully saturated rings. The van der Waals surface area contributed by atoms with Crippen LogP contribution in [0.2, 0.25) is 0 Å². The molecule has 0 radical (unpaired) electrons. The molecule has 2 aromatic rings. The van der Waals surface area contributed by atoms with E-state index in [1.54, 1.807) is 24.3 Å². The molecule has 0 saturated carbocycles. The van der Waals surface area contributed by atoms with Crippen molar-refractivity contribution in [1.82, 2.24) is 10.6 Å². The van der Waals surface area contributed by atoms with E-state index in [1.807, 2.05) is 12.1 Å². The Bertz CT molecular complexity index is 763. The SMILES string of the molecule is Cl.O=C(NCC1=CCNCC1)c1ccccc1OCc1ccc(F)cc1. The first-order valence-electron chi connectivity index (χ1n) is 8.35. The second-order valence-electron chi connectivity index (χ2n) is 5.91. The normalized spacial score (nSPS) is 13.3. The lowest BCUT2D eigenvalue weighted by Gasteiger charge is -2.15. The Morgan fingerprint density at radius 2 is 1.92 bits per heavy atom. The molecule has 1 heterocycles. The maximum Gasteiger partial charge on any atom is 0.255 e. The fraction of sp³-hybridized carbons (Fsp3) is 0.250. The predicted molar refractivity (Wildman–Crippen MR) is 102 cm³/mol. The van der Waals surface area contributed by atoms with Crippen LogP contribution in [0, 0.1) is 5.82 Å². The van der Waals surface area contributed by atoms with Gasteiger partial charge in [0.1, 0.15) is 18.2 Å². The molecule has 2 aromatic carbocycles. The summed E-state index contributed by atoms with van der Waals surface area (Å²) < 4.78 is 18.7. The zero-order valence-electron chi connectivity index (χ0n) is 14.3. The van der Waals surface area contributed by atoms with Crippen molar-refractivity contribution in [3.63, 3.8) is 0 Å². The van der Waals surface area contributed by atoms with Crippen LogP contribution in [-0.4, -0.2) is 25.5 Å². The van der Waals surface area contributed by atoms with Crippen molar-refractivity contribution >= 4 is 18.3 Å². The van der Waals surface area contributed by atoms with Gasteiger partial charge in [0.15, 0.2) is 0 Å². The molecule has 3 rings (SSSR count). The zero-order chi connectivity index (χ0) is 17.5. The van der Waals surface area contributed by atoms with Gasteiger partial charge >= 0.3 is 0 Å². The third kappa shape index (κ3) is 5.58. The second-order valence-corrected chi connectivity index (χ2v) is 5.91. The maximum absolute atomic E-state index is 13.0. The van der Waals surface area contributed by atoms with Crippen molar-refractivity contribution in [2.24, 2.45) is 0 Å². The highest BCUT2D eigenvalue weighted by molar-refractivity contribution is 5.97. The Morgan fingerprint density at radius 1 is 1.15 bits per heavy atom.